The van der Waals surface area contributed by atoms with Crippen molar-refractivity contribution in [1.29, 1.82) is 0 Å². The van der Waals surface area contributed by atoms with Gasteiger partial charge in [-0.3, -0.25) is 9.80 Å². The van der Waals surface area contributed by atoms with E-state index in [1.165, 1.54) is 0 Å². The summed E-state index contributed by atoms with van der Waals surface area (Å²) in [6, 6.07) is 15.7. The van der Waals surface area contributed by atoms with Crippen molar-refractivity contribution in [2.45, 2.75) is 12.5 Å². The molecule has 2 aromatic carbocycles. The summed E-state index contributed by atoms with van der Waals surface area (Å²) in [6.07, 6.45) is -0.406. The summed E-state index contributed by atoms with van der Waals surface area (Å²) < 4.78 is 11.6. The third-order valence-electron chi connectivity index (χ3n) is 5.58. The van der Waals surface area contributed by atoms with Crippen LogP contribution < -0.4 is 10.9 Å². The lowest BCUT2D eigenvalue weighted by Crippen LogP contribution is -2.49. The summed E-state index contributed by atoms with van der Waals surface area (Å²) in [6.45, 7) is 3.24. The third-order valence-corrected chi connectivity index (χ3v) is 5.58. The van der Waals surface area contributed by atoms with Gasteiger partial charge in [-0.25, -0.2) is 0 Å². The lowest BCUT2D eigenvalue weighted by molar-refractivity contribution is -0.0560. The summed E-state index contributed by atoms with van der Waals surface area (Å²) in [4.78, 5) is 4.51. The monoisotopic (exact) mass is 350 g/mol. The molecule has 1 saturated heterocycles. The molecule has 0 radical (unpaired) electrons. The highest BCUT2D eigenvalue weighted by atomic mass is 16.5. The van der Waals surface area contributed by atoms with E-state index in [0.717, 1.165) is 48.2 Å². The van der Waals surface area contributed by atoms with Crippen molar-refractivity contribution in [2.75, 3.05) is 26.2 Å². The number of hydrogen-bond acceptors (Lipinski definition) is 6. The average molecular weight is 350 g/mol. The quantitative estimate of drug-likeness (QED) is 0.708. The molecule has 0 saturated carbocycles. The van der Waals surface area contributed by atoms with Gasteiger partial charge in [-0.2, -0.15) is 0 Å². The molecule has 3 aliphatic heterocycles. The second kappa shape index (κ2) is 6.49. The molecule has 2 unspecified atom stereocenters. The van der Waals surface area contributed by atoms with Crippen molar-refractivity contribution in [3.63, 3.8) is 0 Å². The van der Waals surface area contributed by atoms with Crippen LogP contribution in [0.15, 0.2) is 48.5 Å². The zero-order chi connectivity index (χ0) is 17.7. The van der Waals surface area contributed by atoms with E-state index in [9.17, 15) is 10.0 Å². The fourth-order valence-electron chi connectivity index (χ4n) is 4.23. The minimum absolute atomic E-state index is 0.203. The summed E-state index contributed by atoms with van der Waals surface area (Å²) in [5.74, 6) is 0. The molecule has 26 heavy (non-hydrogen) atoms. The molecule has 2 atom stereocenters. The van der Waals surface area contributed by atoms with Gasteiger partial charge in [-0.15, -0.1) is 0 Å². The van der Waals surface area contributed by atoms with Gasteiger partial charge in [0.25, 0.3) is 0 Å². The molecular weight excluding hydrogens is 330 g/mol. The van der Waals surface area contributed by atoms with Crippen LogP contribution in [-0.2, 0) is 9.31 Å². The first-order valence-corrected chi connectivity index (χ1v) is 9.05. The van der Waals surface area contributed by atoms with E-state index in [1.807, 2.05) is 48.5 Å². The summed E-state index contributed by atoms with van der Waals surface area (Å²) in [5.41, 5.74) is 3.81. The van der Waals surface area contributed by atoms with Gasteiger partial charge in [0.15, 0.2) is 0 Å². The highest BCUT2D eigenvalue weighted by Crippen LogP contribution is 2.32. The van der Waals surface area contributed by atoms with E-state index >= 15 is 0 Å². The summed E-state index contributed by atoms with van der Waals surface area (Å²) in [7, 11) is -1.70. The molecule has 8 heteroatoms. The van der Waals surface area contributed by atoms with E-state index in [-0.39, 0.29) is 12.5 Å². The molecule has 5 rings (SSSR count). The fraction of sp³-hybridized carbons (Fsp3) is 0.333. The number of nitrogens with zero attached hydrogens (tertiary/aromatic N) is 2. The molecule has 0 aliphatic carbocycles. The SMILES string of the molecule is OB1OC(N2CCN(C3OB(O)c4ccccc43)CC2)c2ccccc21. The minimum atomic E-state index is -0.852. The van der Waals surface area contributed by atoms with E-state index in [2.05, 4.69) is 9.80 Å². The van der Waals surface area contributed by atoms with Crippen molar-refractivity contribution in [1.82, 2.24) is 9.80 Å². The lowest BCUT2D eigenvalue weighted by Gasteiger charge is -2.40. The topological polar surface area (TPSA) is 65.4 Å². The maximum absolute atomic E-state index is 10.1. The van der Waals surface area contributed by atoms with E-state index in [1.54, 1.807) is 0 Å². The van der Waals surface area contributed by atoms with Crippen LogP contribution in [-0.4, -0.2) is 60.3 Å². The zero-order valence-electron chi connectivity index (χ0n) is 14.4. The van der Waals surface area contributed by atoms with Gasteiger partial charge in [0.1, 0.15) is 12.5 Å². The normalized spacial score (nSPS) is 26.2. The standard InChI is InChI=1S/C18H20B2N2O4/c23-19-15-7-3-1-5-13(15)17(25-19)21-9-11-22(12-10-21)18-14-6-2-4-8-16(14)20(24)26-18/h1-8,17-18,23-24H,9-12H2. The number of piperazine rings is 1. The number of hydrogen-bond donors (Lipinski definition) is 2. The molecule has 132 valence electrons. The molecule has 2 aromatic rings. The van der Waals surface area contributed by atoms with Crippen molar-refractivity contribution in [3.8, 4) is 0 Å². The van der Waals surface area contributed by atoms with Crippen LogP contribution in [0.1, 0.15) is 23.6 Å². The van der Waals surface area contributed by atoms with Crippen LogP contribution in [0.3, 0.4) is 0 Å². The predicted octanol–water partition coefficient (Wildman–Crippen LogP) is -0.563. The first-order valence-electron chi connectivity index (χ1n) is 9.05. The molecule has 3 aliphatic rings. The van der Waals surface area contributed by atoms with Crippen LogP contribution in [0.5, 0.6) is 0 Å². The maximum atomic E-state index is 10.1. The Bertz CT molecular complexity index is 748. The van der Waals surface area contributed by atoms with E-state index in [4.69, 9.17) is 9.31 Å². The van der Waals surface area contributed by atoms with Crippen LogP contribution in [0.2, 0.25) is 0 Å². The molecule has 0 amide bonds. The Hall–Kier alpha value is -1.67. The molecule has 3 heterocycles. The molecule has 0 spiro atoms. The maximum Gasteiger partial charge on any atom is 0.492 e. The lowest BCUT2D eigenvalue weighted by atomic mass is 9.79. The number of fused-ring (bicyclic) bond motifs is 2. The Morgan fingerprint density at radius 1 is 0.692 bits per heavy atom. The van der Waals surface area contributed by atoms with Gasteiger partial charge >= 0.3 is 14.2 Å². The molecule has 2 N–H and O–H groups in total. The Morgan fingerprint density at radius 2 is 1.08 bits per heavy atom. The van der Waals surface area contributed by atoms with E-state index < -0.39 is 14.2 Å². The Kier molecular flexibility index (Phi) is 4.12. The predicted molar refractivity (Wildman–Crippen MR) is 98.9 cm³/mol. The Balaban J connectivity index is 1.29. The second-order valence-corrected chi connectivity index (χ2v) is 7.01. The van der Waals surface area contributed by atoms with Crippen LogP contribution in [0.25, 0.3) is 0 Å². The average Bonchev–Trinajstić information content (AvgIpc) is 3.20. The molecule has 0 bridgehead atoms. The highest BCUT2D eigenvalue weighted by Gasteiger charge is 2.42. The number of benzene rings is 2. The van der Waals surface area contributed by atoms with Gasteiger partial charge in [-0.1, -0.05) is 48.5 Å². The Labute approximate surface area is 153 Å². The van der Waals surface area contributed by atoms with Crippen LogP contribution >= 0.6 is 0 Å². The van der Waals surface area contributed by atoms with Crippen LogP contribution in [0.4, 0.5) is 0 Å². The zero-order valence-corrected chi connectivity index (χ0v) is 14.4. The summed E-state index contributed by atoms with van der Waals surface area (Å²) in [5, 5.41) is 20.3. The second-order valence-electron chi connectivity index (χ2n) is 7.01. The number of rotatable bonds is 2. The molecule has 6 nitrogen and oxygen atoms in total. The van der Waals surface area contributed by atoms with Gasteiger partial charge in [0, 0.05) is 26.2 Å². The van der Waals surface area contributed by atoms with E-state index in [0.29, 0.717) is 0 Å². The first-order chi connectivity index (χ1) is 12.7. The third kappa shape index (κ3) is 2.61. The van der Waals surface area contributed by atoms with Gasteiger partial charge < -0.3 is 19.4 Å². The smallest absolute Gasteiger partial charge is 0.423 e. The van der Waals surface area contributed by atoms with Crippen LogP contribution in [0, 0.1) is 0 Å². The van der Waals surface area contributed by atoms with Gasteiger partial charge in [-0.05, 0) is 22.1 Å². The summed E-state index contributed by atoms with van der Waals surface area (Å²) >= 11 is 0. The van der Waals surface area contributed by atoms with Crippen molar-refractivity contribution in [3.05, 3.63) is 59.7 Å². The highest BCUT2D eigenvalue weighted by molar-refractivity contribution is 6.62. The van der Waals surface area contributed by atoms with Crippen molar-refractivity contribution in [2.24, 2.45) is 0 Å². The Morgan fingerprint density at radius 3 is 1.50 bits per heavy atom. The first kappa shape index (κ1) is 16.5. The largest absolute Gasteiger partial charge is 0.492 e. The van der Waals surface area contributed by atoms with Gasteiger partial charge in [0.05, 0.1) is 0 Å². The molecule has 0 aromatic heterocycles. The molecule has 1 fully saturated rings. The fourth-order valence-corrected chi connectivity index (χ4v) is 4.23. The minimum Gasteiger partial charge on any atom is -0.423 e. The molecular formula is C18H20B2N2O4. The van der Waals surface area contributed by atoms with Crippen molar-refractivity contribution >= 4 is 25.2 Å². The van der Waals surface area contributed by atoms with Crippen molar-refractivity contribution < 1.29 is 19.4 Å². The van der Waals surface area contributed by atoms with Gasteiger partial charge in [0.2, 0.25) is 0 Å².